The molecule has 1 saturated heterocycles. The van der Waals surface area contributed by atoms with Crippen LogP contribution in [0, 0.1) is 11.8 Å². The first kappa shape index (κ1) is 8.95. The zero-order chi connectivity index (χ0) is 10.3. The second-order valence-electron chi connectivity index (χ2n) is 4.60. The summed E-state index contributed by atoms with van der Waals surface area (Å²) in [4.78, 5) is 20.6. The van der Waals surface area contributed by atoms with Crippen LogP contribution in [-0.4, -0.2) is 23.1 Å². The van der Waals surface area contributed by atoms with Crippen molar-refractivity contribution >= 4 is 5.82 Å². The Kier molecular flexibility index (Phi) is 2.01. The number of hydrogen-bond donors (Lipinski definition) is 1. The molecule has 4 nitrogen and oxygen atoms in total. The molecule has 1 aromatic heterocycles. The number of H-pyrrole nitrogens is 1. The highest BCUT2D eigenvalue weighted by Gasteiger charge is 2.37. The summed E-state index contributed by atoms with van der Waals surface area (Å²) < 4.78 is 0. The molecule has 0 radical (unpaired) electrons. The molecule has 0 bridgehead atoms. The fourth-order valence-corrected chi connectivity index (χ4v) is 2.98. The van der Waals surface area contributed by atoms with Crippen LogP contribution in [0.2, 0.25) is 0 Å². The Morgan fingerprint density at radius 1 is 1.33 bits per heavy atom. The monoisotopic (exact) mass is 205 g/mol. The van der Waals surface area contributed by atoms with E-state index in [-0.39, 0.29) is 5.56 Å². The van der Waals surface area contributed by atoms with E-state index in [9.17, 15) is 4.79 Å². The van der Waals surface area contributed by atoms with E-state index >= 15 is 0 Å². The molecule has 0 amide bonds. The van der Waals surface area contributed by atoms with Gasteiger partial charge < -0.3 is 9.88 Å². The molecule has 2 aliphatic rings. The van der Waals surface area contributed by atoms with Crippen LogP contribution in [0.3, 0.4) is 0 Å². The summed E-state index contributed by atoms with van der Waals surface area (Å²) in [6.45, 7) is 2.04. The van der Waals surface area contributed by atoms with Crippen LogP contribution >= 0.6 is 0 Å². The molecule has 15 heavy (non-hydrogen) atoms. The lowest BCUT2D eigenvalue weighted by Gasteiger charge is -2.16. The van der Waals surface area contributed by atoms with Gasteiger partial charge in [-0.2, -0.15) is 0 Å². The maximum absolute atomic E-state index is 11.6. The molecule has 1 saturated carbocycles. The normalized spacial score (nSPS) is 29.5. The molecule has 1 N–H and O–H groups in total. The molecule has 2 unspecified atom stereocenters. The lowest BCUT2D eigenvalue weighted by Crippen LogP contribution is -2.28. The van der Waals surface area contributed by atoms with Crippen LogP contribution < -0.4 is 10.5 Å². The summed E-state index contributed by atoms with van der Waals surface area (Å²) in [6.07, 6.45) is 7.26. The predicted molar refractivity (Wildman–Crippen MR) is 57.9 cm³/mol. The van der Waals surface area contributed by atoms with Crippen molar-refractivity contribution in [1.82, 2.24) is 9.97 Å². The van der Waals surface area contributed by atoms with Crippen LogP contribution in [0.5, 0.6) is 0 Å². The Balaban J connectivity index is 1.86. The van der Waals surface area contributed by atoms with Gasteiger partial charge in [-0.25, -0.2) is 4.98 Å². The quantitative estimate of drug-likeness (QED) is 0.744. The Hall–Kier alpha value is -1.32. The third kappa shape index (κ3) is 1.44. The maximum Gasteiger partial charge on any atom is 0.290 e. The van der Waals surface area contributed by atoms with Gasteiger partial charge in [0.05, 0.1) is 0 Å². The van der Waals surface area contributed by atoms with Gasteiger partial charge in [-0.3, -0.25) is 4.79 Å². The number of nitrogens with one attached hydrogen (secondary N) is 1. The number of fused-ring (bicyclic) bond motifs is 1. The molecule has 2 fully saturated rings. The molecule has 80 valence electrons. The van der Waals surface area contributed by atoms with Crippen molar-refractivity contribution in [3.05, 3.63) is 22.7 Å². The largest absolute Gasteiger partial charge is 0.351 e. The number of anilines is 1. The van der Waals surface area contributed by atoms with E-state index in [0.29, 0.717) is 5.82 Å². The lowest BCUT2D eigenvalue weighted by atomic mass is 10.0. The van der Waals surface area contributed by atoms with Crippen LogP contribution in [0.25, 0.3) is 0 Å². The molecular weight excluding hydrogens is 190 g/mol. The third-order valence-corrected chi connectivity index (χ3v) is 3.71. The SMILES string of the molecule is O=c1[nH]ccnc1N1CC2CCCC2C1. The van der Waals surface area contributed by atoms with E-state index in [2.05, 4.69) is 14.9 Å². The maximum atomic E-state index is 11.6. The van der Waals surface area contributed by atoms with Crippen molar-refractivity contribution in [2.45, 2.75) is 19.3 Å². The zero-order valence-corrected chi connectivity index (χ0v) is 8.65. The minimum Gasteiger partial charge on any atom is -0.351 e. The van der Waals surface area contributed by atoms with Gasteiger partial charge in [0.25, 0.3) is 5.56 Å². The first-order valence-electron chi connectivity index (χ1n) is 5.63. The molecule has 1 aliphatic heterocycles. The summed E-state index contributed by atoms with van der Waals surface area (Å²) in [5, 5.41) is 0. The van der Waals surface area contributed by atoms with Crippen molar-refractivity contribution in [3.63, 3.8) is 0 Å². The van der Waals surface area contributed by atoms with Gasteiger partial charge >= 0.3 is 0 Å². The van der Waals surface area contributed by atoms with Crippen LogP contribution in [0.4, 0.5) is 5.82 Å². The van der Waals surface area contributed by atoms with Crippen LogP contribution in [-0.2, 0) is 0 Å². The standard InChI is InChI=1S/C11H15N3O/c15-11-10(12-4-5-13-11)14-6-8-2-1-3-9(8)7-14/h4-5,8-9H,1-3,6-7H2,(H,13,15). The average Bonchev–Trinajstić information content (AvgIpc) is 2.77. The highest BCUT2D eigenvalue weighted by molar-refractivity contribution is 5.37. The van der Waals surface area contributed by atoms with Gasteiger partial charge in [0.15, 0.2) is 5.82 Å². The predicted octanol–water partition coefficient (Wildman–Crippen LogP) is 1.01. The summed E-state index contributed by atoms with van der Waals surface area (Å²) >= 11 is 0. The van der Waals surface area contributed by atoms with E-state index in [4.69, 9.17) is 0 Å². The summed E-state index contributed by atoms with van der Waals surface area (Å²) in [7, 11) is 0. The Morgan fingerprint density at radius 2 is 2.07 bits per heavy atom. The van der Waals surface area contributed by atoms with Gasteiger partial charge in [-0.05, 0) is 24.7 Å². The first-order chi connectivity index (χ1) is 7.34. The zero-order valence-electron chi connectivity index (χ0n) is 8.65. The Bertz CT molecular complexity index is 402. The number of aromatic amines is 1. The highest BCUT2D eigenvalue weighted by atomic mass is 16.1. The first-order valence-corrected chi connectivity index (χ1v) is 5.63. The average molecular weight is 205 g/mol. The molecule has 3 rings (SSSR count). The topological polar surface area (TPSA) is 49.0 Å². The lowest BCUT2D eigenvalue weighted by molar-refractivity contribution is 0.494. The molecule has 1 aliphatic carbocycles. The third-order valence-electron chi connectivity index (χ3n) is 3.71. The van der Waals surface area contributed by atoms with Gasteiger partial charge in [0, 0.05) is 25.5 Å². The molecule has 0 spiro atoms. The van der Waals surface area contributed by atoms with Crippen molar-refractivity contribution < 1.29 is 0 Å². The van der Waals surface area contributed by atoms with E-state index in [1.54, 1.807) is 12.4 Å². The number of rotatable bonds is 1. The van der Waals surface area contributed by atoms with Crippen molar-refractivity contribution in [2.24, 2.45) is 11.8 Å². The molecule has 1 aromatic rings. The van der Waals surface area contributed by atoms with Gasteiger partial charge in [0.1, 0.15) is 0 Å². The van der Waals surface area contributed by atoms with Gasteiger partial charge in [-0.1, -0.05) is 6.42 Å². The van der Waals surface area contributed by atoms with Crippen molar-refractivity contribution in [1.29, 1.82) is 0 Å². The van der Waals surface area contributed by atoms with E-state index < -0.39 is 0 Å². The summed E-state index contributed by atoms with van der Waals surface area (Å²) in [5.41, 5.74) is -0.0579. The minimum atomic E-state index is -0.0579. The van der Waals surface area contributed by atoms with Crippen molar-refractivity contribution in [2.75, 3.05) is 18.0 Å². The summed E-state index contributed by atoms with van der Waals surface area (Å²) in [5.74, 6) is 2.20. The number of nitrogens with zero attached hydrogens (tertiary/aromatic N) is 2. The number of aromatic nitrogens is 2. The number of hydrogen-bond acceptors (Lipinski definition) is 3. The highest BCUT2D eigenvalue weighted by Crippen LogP contribution is 2.38. The molecule has 0 aromatic carbocycles. The van der Waals surface area contributed by atoms with Crippen LogP contribution in [0.1, 0.15) is 19.3 Å². The van der Waals surface area contributed by atoms with Crippen molar-refractivity contribution in [3.8, 4) is 0 Å². The Morgan fingerprint density at radius 3 is 2.73 bits per heavy atom. The van der Waals surface area contributed by atoms with Gasteiger partial charge in [-0.15, -0.1) is 0 Å². The fraction of sp³-hybridized carbons (Fsp3) is 0.636. The fourth-order valence-electron chi connectivity index (χ4n) is 2.98. The smallest absolute Gasteiger partial charge is 0.290 e. The van der Waals surface area contributed by atoms with E-state index in [1.807, 2.05) is 0 Å². The second kappa shape index (κ2) is 3.36. The second-order valence-corrected chi connectivity index (χ2v) is 4.60. The van der Waals surface area contributed by atoms with E-state index in [1.165, 1.54) is 19.3 Å². The molecule has 2 heterocycles. The molecule has 2 atom stereocenters. The molecule has 4 heteroatoms. The van der Waals surface area contributed by atoms with Crippen LogP contribution in [0.15, 0.2) is 17.2 Å². The van der Waals surface area contributed by atoms with Gasteiger partial charge in [0.2, 0.25) is 0 Å². The summed E-state index contributed by atoms with van der Waals surface area (Å²) in [6, 6.07) is 0. The van der Waals surface area contributed by atoms with E-state index in [0.717, 1.165) is 24.9 Å². The Labute approximate surface area is 88.3 Å². The molecular formula is C11H15N3O. The minimum absolute atomic E-state index is 0.0579.